The van der Waals surface area contributed by atoms with Gasteiger partial charge in [0.1, 0.15) is 0 Å². The van der Waals surface area contributed by atoms with Crippen LogP contribution in [-0.4, -0.2) is 4.98 Å². The van der Waals surface area contributed by atoms with Crippen molar-refractivity contribution in [2.45, 2.75) is 0 Å². The molecule has 0 saturated carbocycles. The zero-order valence-corrected chi connectivity index (χ0v) is 8.77. The molecular formula is C11H6ClNS. The minimum Gasteiger partial charge on any atom is -0.224 e. The number of rotatable bonds is 0. The van der Waals surface area contributed by atoms with Crippen LogP contribution in [0.1, 0.15) is 0 Å². The third kappa shape index (κ3) is 1.11. The van der Waals surface area contributed by atoms with E-state index in [1.54, 1.807) is 0 Å². The van der Waals surface area contributed by atoms with E-state index in [-0.39, 0.29) is 0 Å². The molecule has 1 nitrogen and oxygen atoms in total. The molecule has 1 heterocycles. The van der Waals surface area contributed by atoms with Crippen LogP contribution in [0, 0.1) is 0 Å². The van der Waals surface area contributed by atoms with Crippen LogP contribution in [0.25, 0.3) is 21.0 Å². The first kappa shape index (κ1) is 8.21. The summed E-state index contributed by atoms with van der Waals surface area (Å²) in [6, 6.07) is 12.4. The van der Waals surface area contributed by atoms with Crippen molar-refractivity contribution in [3.63, 3.8) is 0 Å². The minimum absolute atomic E-state index is 0.608. The predicted molar refractivity (Wildman–Crippen MR) is 62.1 cm³/mol. The topological polar surface area (TPSA) is 12.9 Å². The van der Waals surface area contributed by atoms with Crippen LogP contribution in [0.4, 0.5) is 0 Å². The Morgan fingerprint density at radius 1 is 1.07 bits per heavy atom. The molecule has 3 rings (SSSR count). The molecule has 68 valence electrons. The number of hydrogen-bond acceptors (Lipinski definition) is 2. The van der Waals surface area contributed by atoms with Gasteiger partial charge in [-0.15, -0.1) is 11.3 Å². The molecule has 0 radical (unpaired) electrons. The maximum atomic E-state index is 5.89. The van der Waals surface area contributed by atoms with Crippen molar-refractivity contribution in [3.8, 4) is 0 Å². The van der Waals surface area contributed by atoms with Crippen molar-refractivity contribution >= 4 is 43.9 Å². The summed E-state index contributed by atoms with van der Waals surface area (Å²) < 4.78 is 1.75. The van der Waals surface area contributed by atoms with Crippen LogP contribution in [0.15, 0.2) is 36.4 Å². The third-order valence-electron chi connectivity index (χ3n) is 2.26. The third-order valence-corrected chi connectivity index (χ3v) is 3.38. The molecule has 0 spiro atoms. The lowest BCUT2D eigenvalue weighted by Crippen LogP contribution is -1.73. The number of aromatic nitrogens is 1. The van der Waals surface area contributed by atoms with E-state index in [4.69, 9.17) is 11.6 Å². The monoisotopic (exact) mass is 219 g/mol. The van der Waals surface area contributed by atoms with E-state index >= 15 is 0 Å². The fraction of sp³-hybridized carbons (Fsp3) is 0. The standard InChI is InChI=1S/C11H6ClNS/c12-11-13-10-8-4-2-1-3-7(8)5-6-9(10)14-11/h1-6H. The molecule has 14 heavy (non-hydrogen) atoms. The zero-order chi connectivity index (χ0) is 9.54. The Balaban J connectivity index is 2.60. The maximum Gasteiger partial charge on any atom is 0.184 e. The Hall–Kier alpha value is -1.12. The Kier molecular flexibility index (Phi) is 1.72. The molecule has 0 fully saturated rings. The van der Waals surface area contributed by atoms with Gasteiger partial charge >= 0.3 is 0 Å². The highest BCUT2D eigenvalue weighted by atomic mass is 35.5. The van der Waals surface area contributed by atoms with Crippen molar-refractivity contribution in [3.05, 3.63) is 40.9 Å². The van der Waals surface area contributed by atoms with Gasteiger partial charge in [0, 0.05) is 5.39 Å². The van der Waals surface area contributed by atoms with E-state index in [1.807, 2.05) is 12.1 Å². The lowest BCUT2D eigenvalue weighted by Gasteiger charge is -1.96. The lowest BCUT2D eigenvalue weighted by molar-refractivity contribution is 1.51. The summed E-state index contributed by atoms with van der Waals surface area (Å²) in [6.45, 7) is 0. The SMILES string of the molecule is Clc1nc2c(ccc3ccccc32)s1. The largest absolute Gasteiger partial charge is 0.224 e. The fourth-order valence-corrected chi connectivity index (χ4v) is 2.67. The van der Waals surface area contributed by atoms with E-state index < -0.39 is 0 Å². The van der Waals surface area contributed by atoms with E-state index in [0.29, 0.717) is 4.47 Å². The van der Waals surface area contributed by atoms with Crippen LogP contribution in [0.2, 0.25) is 4.47 Å². The van der Waals surface area contributed by atoms with Crippen LogP contribution < -0.4 is 0 Å². The van der Waals surface area contributed by atoms with Gasteiger partial charge in [0.2, 0.25) is 0 Å². The Labute approximate surface area is 90.0 Å². The van der Waals surface area contributed by atoms with Gasteiger partial charge in [-0.25, -0.2) is 4.98 Å². The lowest BCUT2D eigenvalue weighted by atomic mass is 10.1. The molecule has 3 aromatic rings. The summed E-state index contributed by atoms with van der Waals surface area (Å²) in [5.41, 5.74) is 1.01. The molecule has 0 amide bonds. The van der Waals surface area contributed by atoms with Gasteiger partial charge in [0.25, 0.3) is 0 Å². The molecule has 0 aliphatic rings. The molecule has 2 aromatic carbocycles. The summed E-state index contributed by atoms with van der Waals surface area (Å²) >= 11 is 7.41. The number of nitrogens with zero attached hydrogens (tertiary/aromatic N) is 1. The van der Waals surface area contributed by atoms with Gasteiger partial charge in [-0.1, -0.05) is 41.9 Å². The molecule has 0 N–H and O–H groups in total. The van der Waals surface area contributed by atoms with Crippen molar-refractivity contribution in [2.24, 2.45) is 0 Å². The molecule has 0 atom stereocenters. The normalized spacial score (nSPS) is 11.2. The smallest absolute Gasteiger partial charge is 0.184 e. The Morgan fingerprint density at radius 2 is 1.93 bits per heavy atom. The molecule has 0 aliphatic carbocycles. The Morgan fingerprint density at radius 3 is 2.86 bits per heavy atom. The minimum atomic E-state index is 0.608. The second-order valence-corrected chi connectivity index (χ2v) is 4.71. The molecule has 0 bridgehead atoms. The van der Waals surface area contributed by atoms with Gasteiger partial charge in [0.05, 0.1) is 10.2 Å². The summed E-state index contributed by atoms with van der Waals surface area (Å²) in [5, 5.41) is 2.38. The molecular weight excluding hydrogens is 214 g/mol. The van der Waals surface area contributed by atoms with Gasteiger partial charge < -0.3 is 0 Å². The summed E-state index contributed by atoms with van der Waals surface area (Å²) in [4.78, 5) is 4.33. The Bertz CT molecular complexity index is 615. The highest BCUT2D eigenvalue weighted by molar-refractivity contribution is 7.22. The van der Waals surface area contributed by atoms with Crippen LogP contribution in [-0.2, 0) is 0 Å². The number of hydrogen-bond donors (Lipinski definition) is 0. The molecule has 0 unspecified atom stereocenters. The summed E-state index contributed by atoms with van der Waals surface area (Å²) in [7, 11) is 0. The van der Waals surface area contributed by atoms with Crippen molar-refractivity contribution in [1.82, 2.24) is 4.98 Å². The van der Waals surface area contributed by atoms with Gasteiger partial charge in [-0.05, 0) is 11.5 Å². The van der Waals surface area contributed by atoms with Crippen LogP contribution >= 0.6 is 22.9 Å². The van der Waals surface area contributed by atoms with E-state index in [0.717, 1.165) is 10.2 Å². The van der Waals surface area contributed by atoms with Crippen molar-refractivity contribution in [2.75, 3.05) is 0 Å². The van der Waals surface area contributed by atoms with Crippen LogP contribution in [0.3, 0.4) is 0 Å². The number of fused-ring (bicyclic) bond motifs is 3. The summed E-state index contributed by atoms with van der Waals surface area (Å²) in [6.07, 6.45) is 0. The van der Waals surface area contributed by atoms with Gasteiger partial charge in [-0.3, -0.25) is 0 Å². The average molecular weight is 220 g/mol. The van der Waals surface area contributed by atoms with Gasteiger partial charge in [0.15, 0.2) is 4.47 Å². The van der Waals surface area contributed by atoms with E-state index in [1.165, 1.54) is 22.1 Å². The van der Waals surface area contributed by atoms with Gasteiger partial charge in [-0.2, -0.15) is 0 Å². The first-order valence-corrected chi connectivity index (χ1v) is 5.48. The highest BCUT2D eigenvalue weighted by Crippen LogP contribution is 2.31. The zero-order valence-electron chi connectivity index (χ0n) is 7.20. The summed E-state index contributed by atoms with van der Waals surface area (Å²) in [5.74, 6) is 0. The maximum absolute atomic E-state index is 5.89. The van der Waals surface area contributed by atoms with Crippen LogP contribution in [0.5, 0.6) is 0 Å². The van der Waals surface area contributed by atoms with E-state index in [9.17, 15) is 0 Å². The molecule has 1 aromatic heterocycles. The number of benzene rings is 2. The number of halogens is 1. The number of thiazole rings is 1. The molecule has 0 saturated heterocycles. The first-order valence-electron chi connectivity index (χ1n) is 4.28. The average Bonchev–Trinajstić information content (AvgIpc) is 2.59. The van der Waals surface area contributed by atoms with Crippen molar-refractivity contribution in [1.29, 1.82) is 0 Å². The second kappa shape index (κ2) is 2.94. The molecule has 3 heteroatoms. The quantitative estimate of drug-likeness (QED) is 0.555. The predicted octanol–water partition coefficient (Wildman–Crippen LogP) is 4.10. The highest BCUT2D eigenvalue weighted by Gasteiger charge is 2.04. The first-order chi connectivity index (χ1) is 6.84. The second-order valence-electron chi connectivity index (χ2n) is 3.10. The van der Waals surface area contributed by atoms with Crippen molar-refractivity contribution < 1.29 is 0 Å². The van der Waals surface area contributed by atoms with E-state index in [2.05, 4.69) is 29.2 Å². The fourth-order valence-electron chi connectivity index (χ4n) is 1.63. The molecule has 0 aliphatic heterocycles.